The molecule has 7 heteroatoms. The van der Waals surface area contributed by atoms with Crippen molar-refractivity contribution in [3.05, 3.63) is 98.7 Å². The van der Waals surface area contributed by atoms with Gasteiger partial charge in [0, 0.05) is 18.1 Å². The molecule has 2 aromatic carbocycles. The molecule has 0 atom stereocenters. The molecular formula is C19H15FN4O2. The van der Waals surface area contributed by atoms with Crippen molar-refractivity contribution in [2.75, 3.05) is 0 Å². The third-order valence-electron chi connectivity index (χ3n) is 4.20. The molecule has 0 radical (unpaired) electrons. The second-order valence-corrected chi connectivity index (χ2v) is 6.07. The van der Waals surface area contributed by atoms with E-state index < -0.39 is 5.56 Å². The lowest BCUT2D eigenvalue weighted by molar-refractivity contribution is 0.627. The molecule has 6 nitrogen and oxygen atoms in total. The van der Waals surface area contributed by atoms with E-state index in [2.05, 4.69) is 5.10 Å². The van der Waals surface area contributed by atoms with E-state index in [4.69, 9.17) is 0 Å². The molecule has 0 bridgehead atoms. The minimum atomic E-state index is -0.445. The molecule has 26 heavy (non-hydrogen) atoms. The highest BCUT2D eigenvalue weighted by atomic mass is 19.1. The first-order valence-corrected chi connectivity index (χ1v) is 8.05. The smallest absolute Gasteiger partial charge is 0.280 e. The van der Waals surface area contributed by atoms with Crippen LogP contribution in [0.25, 0.3) is 11.3 Å². The summed E-state index contributed by atoms with van der Waals surface area (Å²) in [5.74, 6) is -0.388. The molecule has 0 unspecified atom stereocenters. The number of rotatable bonds is 3. The quantitative estimate of drug-likeness (QED) is 0.569. The fourth-order valence-corrected chi connectivity index (χ4v) is 2.78. The number of aryl methyl sites for hydroxylation is 1. The topological polar surface area (TPSA) is 61.3 Å². The molecule has 0 aliphatic heterocycles. The highest BCUT2D eigenvalue weighted by Crippen LogP contribution is 2.07. The molecule has 4 aromatic rings. The van der Waals surface area contributed by atoms with Crippen molar-refractivity contribution < 1.29 is 4.39 Å². The molecule has 2 heterocycles. The van der Waals surface area contributed by atoms with Gasteiger partial charge in [0.25, 0.3) is 0 Å². The predicted molar refractivity (Wildman–Crippen MR) is 95.3 cm³/mol. The lowest BCUT2D eigenvalue weighted by Crippen LogP contribution is -2.24. The molecule has 0 saturated carbocycles. The van der Waals surface area contributed by atoms with Gasteiger partial charge in [0.2, 0.25) is 5.65 Å². The Labute approximate surface area is 147 Å². The van der Waals surface area contributed by atoms with Gasteiger partial charge in [-0.05, 0) is 36.8 Å². The Kier molecular flexibility index (Phi) is 3.76. The summed E-state index contributed by atoms with van der Waals surface area (Å²) >= 11 is 0. The average molecular weight is 350 g/mol. The molecule has 0 spiro atoms. The summed E-state index contributed by atoms with van der Waals surface area (Å²) < 4.78 is 16.9. The lowest BCUT2D eigenvalue weighted by atomic mass is 10.1. The van der Waals surface area contributed by atoms with Gasteiger partial charge in [-0.25, -0.2) is 18.3 Å². The molecule has 2 aromatic heterocycles. The molecular weight excluding hydrogens is 335 g/mol. The van der Waals surface area contributed by atoms with Crippen LogP contribution in [0.3, 0.4) is 0 Å². The summed E-state index contributed by atoms with van der Waals surface area (Å²) in [7, 11) is 0. The van der Waals surface area contributed by atoms with Crippen LogP contribution in [0.5, 0.6) is 0 Å². The van der Waals surface area contributed by atoms with Gasteiger partial charge in [0.15, 0.2) is 0 Å². The van der Waals surface area contributed by atoms with E-state index in [1.165, 1.54) is 50.3 Å². The first-order valence-electron chi connectivity index (χ1n) is 8.05. The number of hydrogen-bond acceptors (Lipinski definition) is 3. The third kappa shape index (κ3) is 2.73. The van der Waals surface area contributed by atoms with E-state index in [-0.39, 0.29) is 23.7 Å². The SMILES string of the molecule is Cc1ccc(Cn2nc3c(=O)n(-c4ccc(F)cc4)ccn3c2=O)cc1. The average Bonchev–Trinajstić information content (AvgIpc) is 2.95. The van der Waals surface area contributed by atoms with Crippen LogP contribution in [-0.4, -0.2) is 18.7 Å². The van der Waals surface area contributed by atoms with E-state index in [9.17, 15) is 14.0 Å². The Morgan fingerprint density at radius 3 is 2.35 bits per heavy atom. The summed E-state index contributed by atoms with van der Waals surface area (Å²) in [4.78, 5) is 25.2. The van der Waals surface area contributed by atoms with Crippen LogP contribution in [0.2, 0.25) is 0 Å². The molecule has 0 fully saturated rings. The van der Waals surface area contributed by atoms with Crippen molar-refractivity contribution >= 4 is 5.65 Å². The Balaban J connectivity index is 1.80. The highest BCUT2D eigenvalue weighted by molar-refractivity contribution is 5.40. The number of fused-ring (bicyclic) bond motifs is 1. The number of benzene rings is 2. The van der Waals surface area contributed by atoms with Gasteiger partial charge < -0.3 is 0 Å². The number of halogens is 1. The lowest BCUT2D eigenvalue weighted by Gasteiger charge is -2.04. The van der Waals surface area contributed by atoms with E-state index in [1.807, 2.05) is 31.2 Å². The Morgan fingerprint density at radius 2 is 1.65 bits per heavy atom. The second kappa shape index (κ2) is 6.11. The fraction of sp³-hybridized carbons (Fsp3) is 0.105. The van der Waals surface area contributed by atoms with Crippen LogP contribution in [0.4, 0.5) is 4.39 Å². The maximum Gasteiger partial charge on any atom is 0.350 e. The van der Waals surface area contributed by atoms with Crippen molar-refractivity contribution in [3.8, 4) is 5.69 Å². The minimum Gasteiger partial charge on any atom is -0.280 e. The predicted octanol–water partition coefficient (Wildman–Crippen LogP) is 2.14. The highest BCUT2D eigenvalue weighted by Gasteiger charge is 2.13. The van der Waals surface area contributed by atoms with Crippen LogP contribution < -0.4 is 11.2 Å². The monoisotopic (exact) mass is 350 g/mol. The van der Waals surface area contributed by atoms with Crippen LogP contribution >= 0.6 is 0 Å². The van der Waals surface area contributed by atoms with Crippen LogP contribution in [-0.2, 0) is 6.54 Å². The minimum absolute atomic E-state index is 0.0222. The standard InChI is InChI=1S/C19H15FN4O2/c1-13-2-4-14(5-3-13)12-24-19(26)23-11-10-22(18(25)17(23)21-24)16-8-6-15(20)7-9-16/h2-11H,12H2,1H3. The van der Waals surface area contributed by atoms with Crippen molar-refractivity contribution in [2.45, 2.75) is 13.5 Å². The largest absolute Gasteiger partial charge is 0.350 e. The van der Waals surface area contributed by atoms with Gasteiger partial charge in [-0.15, -0.1) is 5.10 Å². The Morgan fingerprint density at radius 1 is 0.962 bits per heavy atom. The van der Waals surface area contributed by atoms with Gasteiger partial charge in [-0.3, -0.25) is 9.36 Å². The third-order valence-corrected chi connectivity index (χ3v) is 4.20. The molecule has 0 aliphatic carbocycles. The van der Waals surface area contributed by atoms with Gasteiger partial charge in [-0.1, -0.05) is 29.8 Å². The molecule has 0 saturated heterocycles. The Hall–Kier alpha value is -3.48. The zero-order chi connectivity index (χ0) is 18.3. The van der Waals surface area contributed by atoms with E-state index >= 15 is 0 Å². The van der Waals surface area contributed by atoms with Crippen molar-refractivity contribution in [1.29, 1.82) is 0 Å². The zero-order valence-electron chi connectivity index (χ0n) is 14.0. The van der Waals surface area contributed by atoms with Gasteiger partial charge in [-0.2, -0.15) is 0 Å². The maximum absolute atomic E-state index is 13.1. The van der Waals surface area contributed by atoms with Crippen molar-refractivity contribution in [1.82, 2.24) is 18.7 Å². The van der Waals surface area contributed by atoms with Crippen LogP contribution in [0.1, 0.15) is 11.1 Å². The normalized spacial score (nSPS) is 11.2. The van der Waals surface area contributed by atoms with Crippen LogP contribution in [0.15, 0.2) is 70.5 Å². The summed E-state index contributed by atoms with van der Waals surface area (Å²) in [6, 6.07) is 13.3. The summed E-state index contributed by atoms with van der Waals surface area (Å²) in [5.41, 5.74) is 1.73. The summed E-state index contributed by atoms with van der Waals surface area (Å²) in [5, 5.41) is 4.19. The first-order chi connectivity index (χ1) is 12.5. The molecule has 0 aliphatic rings. The second-order valence-electron chi connectivity index (χ2n) is 6.07. The van der Waals surface area contributed by atoms with Gasteiger partial charge in [0.1, 0.15) is 5.82 Å². The summed E-state index contributed by atoms with van der Waals surface area (Å²) in [6.45, 7) is 2.26. The fourth-order valence-electron chi connectivity index (χ4n) is 2.78. The van der Waals surface area contributed by atoms with Gasteiger partial charge in [0.05, 0.1) is 6.54 Å². The summed E-state index contributed by atoms with van der Waals surface area (Å²) in [6.07, 6.45) is 2.96. The van der Waals surface area contributed by atoms with E-state index in [0.717, 1.165) is 11.1 Å². The number of hydrogen-bond donors (Lipinski definition) is 0. The van der Waals surface area contributed by atoms with Crippen molar-refractivity contribution in [2.24, 2.45) is 0 Å². The van der Waals surface area contributed by atoms with E-state index in [1.54, 1.807) is 0 Å². The molecule has 0 amide bonds. The molecule has 130 valence electrons. The van der Waals surface area contributed by atoms with Crippen LogP contribution in [0, 0.1) is 12.7 Å². The maximum atomic E-state index is 13.1. The molecule has 4 rings (SSSR count). The van der Waals surface area contributed by atoms with E-state index in [0.29, 0.717) is 5.69 Å². The molecule has 0 N–H and O–H groups in total. The van der Waals surface area contributed by atoms with Gasteiger partial charge >= 0.3 is 11.2 Å². The zero-order valence-corrected chi connectivity index (χ0v) is 14.0. The van der Waals surface area contributed by atoms with Crippen molar-refractivity contribution in [3.63, 3.8) is 0 Å². The Bertz CT molecular complexity index is 1200. The first kappa shape index (κ1) is 16.0. The number of aromatic nitrogens is 4. The number of nitrogens with zero attached hydrogens (tertiary/aromatic N) is 4.